The molecule has 1 saturated heterocycles. The topological polar surface area (TPSA) is 21.8 Å². The van der Waals surface area contributed by atoms with Crippen molar-refractivity contribution in [1.29, 1.82) is 0 Å². The van der Waals surface area contributed by atoms with Gasteiger partial charge in [0.1, 0.15) is 5.00 Å². The van der Waals surface area contributed by atoms with Gasteiger partial charge in [-0.2, -0.15) is 0 Å². The number of para-hydroxylation sites is 1. The number of thiophene rings is 1. The number of likely N-dealkylation sites (N-methyl/N-ethyl adjacent to an activating group) is 1. The van der Waals surface area contributed by atoms with Crippen LogP contribution in [0.3, 0.4) is 0 Å². The summed E-state index contributed by atoms with van der Waals surface area (Å²) >= 11 is 1.85. The highest BCUT2D eigenvalue weighted by atomic mass is 32.1. The standard InChI is InChI=1S/C17H22N4S/c1-13-11-16-17(22-13)18-15-6-4-3-5-14(15)12-21(16)20-9-7-19(2)8-10-20/h3-6,11,18H,7-10,12H2,1-2H3. The molecule has 1 aromatic carbocycles. The maximum absolute atomic E-state index is 3.64. The highest BCUT2D eigenvalue weighted by Crippen LogP contribution is 2.42. The maximum atomic E-state index is 3.64. The van der Waals surface area contributed by atoms with E-state index in [9.17, 15) is 0 Å². The molecule has 0 unspecified atom stereocenters. The first-order valence-electron chi connectivity index (χ1n) is 7.87. The minimum absolute atomic E-state index is 0.941. The molecule has 1 fully saturated rings. The van der Waals surface area contributed by atoms with Crippen LogP contribution in [0.1, 0.15) is 10.4 Å². The Bertz CT molecular complexity index is 673. The van der Waals surface area contributed by atoms with E-state index < -0.39 is 0 Å². The summed E-state index contributed by atoms with van der Waals surface area (Å²) < 4.78 is 0. The second kappa shape index (κ2) is 5.57. The smallest absolute Gasteiger partial charge is 0.118 e. The third-order valence-corrected chi connectivity index (χ3v) is 5.48. The lowest BCUT2D eigenvalue weighted by molar-refractivity contribution is 0.140. The van der Waals surface area contributed by atoms with Gasteiger partial charge in [-0.1, -0.05) is 18.2 Å². The number of rotatable bonds is 1. The second-order valence-electron chi connectivity index (χ2n) is 6.17. The third kappa shape index (κ3) is 2.49. The van der Waals surface area contributed by atoms with Gasteiger partial charge in [-0.15, -0.1) is 11.3 Å². The van der Waals surface area contributed by atoms with Crippen LogP contribution >= 0.6 is 11.3 Å². The van der Waals surface area contributed by atoms with E-state index in [2.05, 4.69) is 64.5 Å². The van der Waals surface area contributed by atoms with Crippen molar-refractivity contribution in [3.8, 4) is 0 Å². The molecular weight excluding hydrogens is 292 g/mol. The molecule has 2 aromatic rings. The quantitative estimate of drug-likeness (QED) is 0.872. The summed E-state index contributed by atoms with van der Waals surface area (Å²) in [6.45, 7) is 7.57. The SMILES string of the molecule is Cc1cc2c(s1)Nc1ccccc1CN2N1CCN(C)CC1. The van der Waals surface area contributed by atoms with Crippen LogP contribution in [-0.4, -0.2) is 43.1 Å². The molecule has 4 rings (SSSR count). The van der Waals surface area contributed by atoms with E-state index in [1.807, 2.05) is 11.3 Å². The van der Waals surface area contributed by atoms with E-state index in [1.54, 1.807) is 0 Å². The van der Waals surface area contributed by atoms with Crippen LogP contribution in [0.5, 0.6) is 0 Å². The molecule has 0 spiro atoms. The number of nitrogens with one attached hydrogen (secondary N) is 1. The average molecular weight is 314 g/mol. The fourth-order valence-corrected chi connectivity index (χ4v) is 4.14. The van der Waals surface area contributed by atoms with Crippen molar-refractivity contribution in [3.05, 3.63) is 40.8 Å². The van der Waals surface area contributed by atoms with Gasteiger partial charge in [0, 0.05) is 36.7 Å². The van der Waals surface area contributed by atoms with Gasteiger partial charge >= 0.3 is 0 Å². The van der Waals surface area contributed by atoms with E-state index in [4.69, 9.17) is 0 Å². The lowest BCUT2D eigenvalue weighted by Crippen LogP contribution is -2.52. The molecule has 0 radical (unpaired) electrons. The zero-order valence-electron chi connectivity index (χ0n) is 13.2. The van der Waals surface area contributed by atoms with Gasteiger partial charge in [-0.25, -0.2) is 5.01 Å². The molecule has 0 saturated carbocycles. The Hall–Kier alpha value is -1.56. The Balaban J connectivity index is 1.73. The summed E-state index contributed by atoms with van der Waals surface area (Å²) in [7, 11) is 2.21. The minimum Gasteiger partial charge on any atom is -0.345 e. The number of benzene rings is 1. The minimum atomic E-state index is 0.941. The number of aryl methyl sites for hydroxylation is 1. The highest BCUT2D eigenvalue weighted by molar-refractivity contribution is 7.16. The lowest BCUT2D eigenvalue weighted by atomic mass is 10.2. The molecule has 1 N–H and O–H groups in total. The van der Waals surface area contributed by atoms with Gasteiger partial charge in [0.05, 0.1) is 12.2 Å². The Morgan fingerprint density at radius 2 is 1.86 bits per heavy atom. The number of hydrogen-bond donors (Lipinski definition) is 1. The van der Waals surface area contributed by atoms with Crippen LogP contribution < -0.4 is 10.3 Å². The molecule has 2 aliphatic rings. The Morgan fingerprint density at radius 1 is 1.09 bits per heavy atom. The monoisotopic (exact) mass is 314 g/mol. The number of piperazine rings is 1. The van der Waals surface area contributed by atoms with Crippen LogP contribution in [0.4, 0.5) is 16.4 Å². The van der Waals surface area contributed by atoms with Crippen LogP contribution in [0, 0.1) is 6.92 Å². The first-order valence-corrected chi connectivity index (χ1v) is 8.68. The third-order valence-electron chi connectivity index (χ3n) is 4.52. The molecule has 0 atom stereocenters. The normalized spacial score (nSPS) is 19.3. The number of hydrazine groups is 1. The van der Waals surface area contributed by atoms with Crippen LogP contribution in [0.2, 0.25) is 0 Å². The van der Waals surface area contributed by atoms with E-state index in [0.717, 1.165) is 32.7 Å². The Kier molecular flexibility index (Phi) is 3.56. The molecule has 3 heterocycles. The zero-order valence-corrected chi connectivity index (χ0v) is 14.0. The first kappa shape index (κ1) is 14.1. The molecule has 0 amide bonds. The van der Waals surface area contributed by atoms with Crippen molar-refractivity contribution in [2.24, 2.45) is 0 Å². The molecule has 5 heteroatoms. The fourth-order valence-electron chi connectivity index (χ4n) is 3.22. The van der Waals surface area contributed by atoms with Gasteiger partial charge < -0.3 is 10.2 Å². The summed E-state index contributed by atoms with van der Waals surface area (Å²) in [5.41, 5.74) is 3.92. The Labute approximate surface area is 135 Å². The predicted molar refractivity (Wildman–Crippen MR) is 94.0 cm³/mol. The lowest BCUT2D eigenvalue weighted by Gasteiger charge is -2.40. The van der Waals surface area contributed by atoms with E-state index >= 15 is 0 Å². The molecule has 22 heavy (non-hydrogen) atoms. The first-order chi connectivity index (χ1) is 10.7. The summed E-state index contributed by atoms with van der Waals surface area (Å²) in [6.07, 6.45) is 0. The maximum Gasteiger partial charge on any atom is 0.118 e. The fraction of sp³-hybridized carbons (Fsp3) is 0.412. The van der Waals surface area contributed by atoms with Gasteiger partial charge in [0.25, 0.3) is 0 Å². The van der Waals surface area contributed by atoms with E-state index in [1.165, 1.54) is 26.8 Å². The van der Waals surface area contributed by atoms with E-state index in [-0.39, 0.29) is 0 Å². The number of anilines is 3. The molecule has 0 bridgehead atoms. The molecular formula is C17H22N4S. The average Bonchev–Trinajstić information content (AvgIpc) is 2.80. The summed E-state index contributed by atoms with van der Waals surface area (Å²) in [6, 6.07) is 11.0. The van der Waals surface area contributed by atoms with Crippen LogP contribution in [0.25, 0.3) is 0 Å². The van der Waals surface area contributed by atoms with Crippen LogP contribution in [-0.2, 0) is 6.54 Å². The largest absolute Gasteiger partial charge is 0.345 e. The zero-order chi connectivity index (χ0) is 15.1. The Morgan fingerprint density at radius 3 is 2.68 bits per heavy atom. The summed E-state index contributed by atoms with van der Waals surface area (Å²) in [5.74, 6) is 0. The number of nitrogens with zero attached hydrogens (tertiary/aromatic N) is 3. The number of fused-ring (bicyclic) bond motifs is 2. The molecule has 4 nitrogen and oxygen atoms in total. The number of hydrogen-bond acceptors (Lipinski definition) is 5. The van der Waals surface area contributed by atoms with Crippen molar-refractivity contribution < 1.29 is 0 Å². The van der Waals surface area contributed by atoms with Gasteiger partial charge in [0.15, 0.2) is 0 Å². The van der Waals surface area contributed by atoms with Gasteiger partial charge in [-0.05, 0) is 31.7 Å². The van der Waals surface area contributed by atoms with Crippen molar-refractivity contribution in [1.82, 2.24) is 9.91 Å². The van der Waals surface area contributed by atoms with Crippen molar-refractivity contribution in [3.63, 3.8) is 0 Å². The summed E-state index contributed by atoms with van der Waals surface area (Å²) in [5, 5.41) is 9.89. The second-order valence-corrected chi connectivity index (χ2v) is 7.42. The molecule has 1 aromatic heterocycles. The van der Waals surface area contributed by atoms with Gasteiger partial charge in [-0.3, -0.25) is 5.01 Å². The van der Waals surface area contributed by atoms with Crippen molar-refractivity contribution >= 4 is 27.7 Å². The summed E-state index contributed by atoms with van der Waals surface area (Å²) in [4.78, 5) is 3.76. The molecule has 2 aliphatic heterocycles. The van der Waals surface area contributed by atoms with Gasteiger partial charge in [0.2, 0.25) is 0 Å². The highest BCUT2D eigenvalue weighted by Gasteiger charge is 2.27. The molecule has 116 valence electrons. The van der Waals surface area contributed by atoms with Crippen molar-refractivity contribution in [2.75, 3.05) is 43.6 Å². The predicted octanol–water partition coefficient (Wildman–Crippen LogP) is 3.28. The molecule has 0 aliphatic carbocycles. The van der Waals surface area contributed by atoms with E-state index in [0.29, 0.717) is 0 Å². The van der Waals surface area contributed by atoms with Crippen LogP contribution in [0.15, 0.2) is 30.3 Å². The van der Waals surface area contributed by atoms with Crippen molar-refractivity contribution in [2.45, 2.75) is 13.5 Å².